The van der Waals surface area contributed by atoms with Crippen molar-refractivity contribution in [2.45, 2.75) is 39.3 Å². The normalized spacial score (nSPS) is 11.1. The molecule has 1 N–H and O–H groups in total. The van der Waals surface area contributed by atoms with Crippen LogP contribution in [0.2, 0.25) is 10.0 Å². The van der Waals surface area contributed by atoms with Gasteiger partial charge in [-0.1, -0.05) is 36.2 Å². The van der Waals surface area contributed by atoms with E-state index in [1.165, 1.54) is 0 Å². The molecule has 1 rings (SSSR count). The molecule has 0 radical (unpaired) electrons. The average molecular weight is 283 g/mol. The van der Waals surface area contributed by atoms with Gasteiger partial charge in [-0.25, -0.2) is 0 Å². The fraction of sp³-hybridized carbons (Fsp3) is 0.500. The molecule has 0 amide bonds. The van der Waals surface area contributed by atoms with Crippen LogP contribution in [0.4, 0.5) is 0 Å². The summed E-state index contributed by atoms with van der Waals surface area (Å²) in [5.74, 6) is 0. The second kappa shape index (κ2) is 6.70. The number of hydrogen-bond donors (Lipinski definition) is 1. The maximum atomic E-state index is 5.94. The molecule has 0 saturated heterocycles. The molecule has 0 atom stereocenters. The van der Waals surface area contributed by atoms with Gasteiger partial charge in [-0.15, -0.1) is 12.4 Å². The van der Waals surface area contributed by atoms with E-state index in [0.717, 1.165) is 18.5 Å². The highest BCUT2D eigenvalue weighted by Gasteiger charge is 2.13. The van der Waals surface area contributed by atoms with Crippen LogP contribution in [-0.2, 0) is 6.54 Å². The average Bonchev–Trinajstić information content (AvgIpc) is 2.20. The van der Waals surface area contributed by atoms with E-state index in [0.29, 0.717) is 10.0 Å². The third-order valence-electron chi connectivity index (χ3n) is 2.64. The minimum atomic E-state index is 0. The van der Waals surface area contributed by atoms with Gasteiger partial charge in [0.2, 0.25) is 0 Å². The topological polar surface area (TPSA) is 12.0 Å². The molecule has 92 valence electrons. The third kappa shape index (κ3) is 4.92. The Morgan fingerprint density at radius 1 is 1.19 bits per heavy atom. The summed E-state index contributed by atoms with van der Waals surface area (Å²) in [7, 11) is 0. The lowest BCUT2D eigenvalue weighted by Crippen LogP contribution is -2.37. The van der Waals surface area contributed by atoms with Crippen LogP contribution in [0.3, 0.4) is 0 Å². The Morgan fingerprint density at radius 3 is 2.31 bits per heavy atom. The lowest BCUT2D eigenvalue weighted by molar-refractivity contribution is 0.374. The van der Waals surface area contributed by atoms with E-state index in [9.17, 15) is 0 Å². The van der Waals surface area contributed by atoms with Crippen LogP contribution in [0.15, 0.2) is 18.2 Å². The molecule has 0 spiro atoms. The Labute approximate surface area is 114 Å². The largest absolute Gasteiger partial charge is 0.308 e. The zero-order valence-electron chi connectivity index (χ0n) is 9.81. The van der Waals surface area contributed by atoms with Gasteiger partial charge in [-0.05, 0) is 38.0 Å². The molecule has 1 nitrogen and oxygen atoms in total. The fourth-order valence-electron chi connectivity index (χ4n) is 1.12. The van der Waals surface area contributed by atoms with E-state index in [1.807, 2.05) is 18.2 Å². The number of halogens is 3. The second-order valence-corrected chi connectivity index (χ2v) is 5.15. The van der Waals surface area contributed by atoms with Gasteiger partial charge in [0.15, 0.2) is 0 Å². The molecular formula is C12H18Cl3N. The molecule has 1 aromatic carbocycles. The van der Waals surface area contributed by atoms with Crippen molar-refractivity contribution in [2.24, 2.45) is 0 Å². The monoisotopic (exact) mass is 281 g/mol. The van der Waals surface area contributed by atoms with E-state index >= 15 is 0 Å². The van der Waals surface area contributed by atoms with E-state index in [4.69, 9.17) is 23.2 Å². The predicted octanol–water partition coefficient (Wildman–Crippen LogP) is 4.69. The van der Waals surface area contributed by atoms with Crippen molar-refractivity contribution in [1.29, 1.82) is 0 Å². The lowest BCUT2D eigenvalue weighted by atomic mass is 10.0. The highest BCUT2D eigenvalue weighted by molar-refractivity contribution is 6.42. The van der Waals surface area contributed by atoms with E-state index in [-0.39, 0.29) is 17.9 Å². The molecule has 0 saturated carbocycles. The van der Waals surface area contributed by atoms with Gasteiger partial charge in [0.25, 0.3) is 0 Å². The highest BCUT2D eigenvalue weighted by atomic mass is 35.5. The fourth-order valence-corrected chi connectivity index (χ4v) is 1.44. The van der Waals surface area contributed by atoms with Crippen molar-refractivity contribution in [2.75, 3.05) is 0 Å². The van der Waals surface area contributed by atoms with Crippen molar-refractivity contribution in [3.63, 3.8) is 0 Å². The summed E-state index contributed by atoms with van der Waals surface area (Å²) in [6.45, 7) is 7.36. The summed E-state index contributed by atoms with van der Waals surface area (Å²) in [5.41, 5.74) is 1.32. The second-order valence-electron chi connectivity index (χ2n) is 4.34. The summed E-state index contributed by atoms with van der Waals surface area (Å²) in [6.07, 6.45) is 1.09. The van der Waals surface area contributed by atoms with Crippen molar-refractivity contribution in [3.8, 4) is 0 Å². The highest BCUT2D eigenvalue weighted by Crippen LogP contribution is 2.22. The van der Waals surface area contributed by atoms with Gasteiger partial charge in [0, 0.05) is 12.1 Å². The maximum absolute atomic E-state index is 5.94. The molecule has 0 aliphatic heterocycles. The van der Waals surface area contributed by atoms with Crippen LogP contribution >= 0.6 is 35.6 Å². The van der Waals surface area contributed by atoms with Crippen molar-refractivity contribution in [3.05, 3.63) is 33.8 Å². The maximum Gasteiger partial charge on any atom is 0.0595 e. The van der Waals surface area contributed by atoms with Crippen LogP contribution in [0.5, 0.6) is 0 Å². The first-order valence-electron chi connectivity index (χ1n) is 5.13. The van der Waals surface area contributed by atoms with Crippen LogP contribution in [0.1, 0.15) is 32.8 Å². The van der Waals surface area contributed by atoms with E-state index in [1.54, 1.807) is 0 Å². The van der Waals surface area contributed by atoms with Gasteiger partial charge in [0.1, 0.15) is 0 Å². The number of nitrogens with one attached hydrogen (secondary N) is 1. The zero-order chi connectivity index (χ0) is 11.5. The number of hydrogen-bond acceptors (Lipinski definition) is 1. The minimum absolute atomic E-state index is 0. The zero-order valence-corrected chi connectivity index (χ0v) is 12.1. The SMILES string of the molecule is CCC(C)(C)NCc1ccc(Cl)c(Cl)c1.Cl. The van der Waals surface area contributed by atoms with E-state index in [2.05, 4.69) is 26.1 Å². The van der Waals surface area contributed by atoms with Crippen LogP contribution in [-0.4, -0.2) is 5.54 Å². The molecule has 0 aromatic heterocycles. The van der Waals surface area contributed by atoms with Crippen LogP contribution < -0.4 is 5.32 Å². The molecule has 0 bridgehead atoms. The Bertz CT molecular complexity index is 337. The lowest BCUT2D eigenvalue weighted by Gasteiger charge is -2.24. The third-order valence-corrected chi connectivity index (χ3v) is 3.38. The van der Waals surface area contributed by atoms with Crippen molar-refractivity contribution >= 4 is 35.6 Å². The first-order valence-corrected chi connectivity index (χ1v) is 5.89. The van der Waals surface area contributed by atoms with Crippen molar-refractivity contribution in [1.82, 2.24) is 5.32 Å². The van der Waals surface area contributed by atoms with E-state index < -0.39 is 0 Å². The molecule has 0 unspecified atom stereocenters. The van der Waals surface area contributed by atoms with Gasteiger partial charge in [-0.3, -0.25) is 0 Å². The van der Waals surface area contributed by atoms with Crippen LogP contribution in [0.25, 0.3) is 0 Å². The quantitative estimate of drug-likeness (QED) is 0.844. The number of benzene rings is 1. The minimum Gasteiger partial charge on any atom is -0.308 e. The first-order chi connectivity index (χ1) is 6.94. The Kier molecular flexibility index (Phi) is 6.73. The van der Waals surface area contributed by atoms with Gasteiger partial charge in [0.05, 0.1) is 10.0 Å². The summed E-state index contributed by atoms with van der Waals surface area (Å²) < 4.78 is 0. The first kappa shape index (κ1) is 16.1. The molecule has 0 aliphatic carbocycles. The summed E-state index contributed by atoms with van der Waals surface area (Å²) in [4.78, 5) is 0. The molecule has 0 aliphatic rings. The molecule has 0 heterocycles. The van der Waals surface area contributed by atoms with Gasteiger partial charge in [-0.2, -0.15) is 0 Å². The Balaban J connectivity index is 0.00000225. The van der Waals surface area contributed by atoms with Crippen molar-refractivity contribution < 1.29 is 0 Å². The van der Waals surface area contributed by atoms with Gasteiger partial charge >= 0.3 is 0 Å². The molecule has 16 heavy (non-hydrogen) atoms. The smallest absolute Gasteiger partial charge is 0.0595 e. The Hall–Kier alpha value is 0.0500. The molecule has 0 fully saturated rings. The van der Waals surface area contributed by atoms with Crippen LogP contribution in [0, 0.1) is 0 Å². The Morgan fingerprint density at radius 2 is 1.81 bits per heavy atom. The summed E-state index contributed by atoms with van der Waals surface area (Å²) >= 11 is 11.8. The molecule has 1 aromatic rings. The summed E-state index contributed by atoms with van der Waals surface area (Å²) in [6, 6.07) is 5.73. The number of rotatable bonds is 4. The predicted molar refractivity (Wildman–Crippen MR) is 74.9 cm³/mol. The standard InChI is InChI=1S/C12H17Cl2N.ClH/c1-4-12(2,3)15-8-9-5-6-10(13)11(14)7-9;/h5-7,15H,4,8H2,1-3H3;1H. The van der Waals surface area contributed by atoms with Gasteiger partial charge < -0.3 is 5.32 Å². The molecule has 4 heteroatoms. The summed E-state index contributed by atoms with van der Waals surface area (Å²) in [5, 5.41) is 4.69. The molecular weight excluding hydrogens is 264 g/mol.